The van der Waals surface area contributed by atoms with Gasteiger partial charge in [0.2, 0.25) is 5.89 Å². The first-order valence-electron chi connectivity index (χ1n) is 10.2. The Balaban J connectivity index is 1.46. The summed E-state index contributed by atoms with van der Waals surface area (Å²) >= 11 is 5.85. The van der Waals surface area contributed by atoms with Gasteiger partial charge in [0, 0.05) is 22.7 Å². The number of amides is 1. The molecule has 0 atom stereocenters. The summed E-state index contributed by atoms with van der Waals surface area (Å²) in [5.41, 5.74) is 2.50. The number of aromatic nitrogens is 1. The number of nitrogens with one attached hydrogen (secondary N) is 1. The Bertz CT molecular complexity index is 1360. The molecule has 33 heavy (non-hydrogen) atoms. The highest BCUT2D eigenvalue weighted by Gasteiger charge is 2.21. The number of oxazole rings is 1. The number of carbonyl (C=O) groups excluding carboxylic acids is 1. The predicted molar refractivity (Wildman–Crippen MR) is 127 cm³/mol. The number of benzene rings is 3. The number of nitrogens with zero attached hydrogens (tertiary/aromatic N) is 1. The number of sulfone groups is 1. The van der Waals surface area contributed by atoms with Crippen LogP contribution < -0.4 is 5.32 Å². The zero-order valence-electron chi connectivity index (χ0n) is 17.8. The summed E-state index contributed by atoms with van der Waals surface area (Å²) in [7, 11) is -3.60. The van der Waals surface area contributed by atoms with Gasteiger partial charge in [-0.1, -0.05) is 41.9 Å². The van der Waals surface area contributed by atoms with E-state index in [-0.39, 0.29) is 16.6 Å². The van der Waals surface area contributed by atoms with Crippen LogP contribution in [0.25, 0.3) is 11.5 Å². The Kier molecular flexibility index (Phi) is 6.62. The molecule has 0 aliphatic carbocycles. The first kappa shape index (κ1) is 22.8. The van der Waals surface area contributed by atoms with Crippen molar-refractivity contribution in [3.05, 3.63) is 106 Å². The second-order valence-electron chi connectivity index (χ2n) is 7.48. The van der Waals surface area contributed by atoms with Gasteiger partial charge in [-0.25, -0.2) is 13.4 Å². The molecule has 0 aliphatic rings. The lowest BCUT2D eigenvalue weighted by Crippen LogP contribution is -2.22. The van der Waals surface area contributed by atoms with Gasteiger partial charge in [0.25, 0.3) is 5.91 Å². The lowest BCUT2D eigenvalue weighted by atomic mass is 10.1. The molecule has 0 unspecified atom stereocenters. The molecule has 0 bridgehead atoms. The summed E-state index contributed by atoms with van der Waals surface area (Å²) in [6.45, 7) is 2.11. The van der Waals surface area contributed by atoms with Crippen LogP contribution in [0.2, 0.25) is 5.02 Å². The number of hydrogen-bond acceptors (Lipinski definition) is 5. The van der Waals surface area contributed by atoms with Crippen molar-refractivity contribution in [1.29, 1.82) is 0 Å². The van der Waals surface area contributed by atoms with Crippen molar-refractivity contribution in [3.8, 4) is 11.5 Å². The normalized spacial score (nSPS) is 11.3. The van der Waals surface area contributed by atoms with Crippen molar-refractivity contribution in [1.82, 2.24) is 10.3 Å². The van der Waals surface area contributed by atoms with Crippen LogP contribution in [0.3, 0.4) is 0 Å². The minimum atomic E-state index is -3.60. The Labute approximate surface area is 197 Å². The maximum absolute atomic E-state index is 12.7. The van der Waals surface area contributed by atoms with Gasteiger partial charge in [-0.15, -0.1) is 0 Å². The van der Waals surface area contributed by atoms with Gasteiger partial charge < -0.3 is 9.73 Å². The maximum atomic E-state index is 12.7. The highest BCUT2D eigenvalue weighted by atomic mass is 35.5. The van der Waals surface area contributed by atoms with E-state index in [0.29, 0.717) is 40.0 Å². The summed E-state index contributed by atoms with van der Waals surface area (Å²) < 4.78 is 31.2. The van der Waals surface area contributed by atoms with Crippen LogP contribution in [0.15, 0.2) is 88.2 Å². The number of halogens is 1. The van der Waals surface area contributed by atoms with Crippen LogP contribution in [0.5, 0.6) is 0 Å². The average Bonchev–Trinajstić information content (AvgIpc) is 3.18. The average molecular weight is 481 g/mol. The lowest BCUT2D eigenvalue weighted by Gasteiger charge is -2.05. The van der Waals surface area contributed by atoms with Crippen molar-refractivity contribution < 1.29 is 17.6 Å². The summed E-state index contributed by atoms with van der Waals surface area (Å²) in [6.07, 6.45) is 0. The van der Waals surface area contributed by atoms with E-state index < -0.39 is 9.84 Å². The molecule has 6 nitrogen and oxygen atoms in total. The molecule has 1 N–H and O–H groups in total. The number of carbonyl (C=O) groups is 1. The third kappa shape index (κ3) is 5.50. The van der Waals surface area contributed by atoms with Crippen molar-refractivity contribution in [2.75, 3.05) is 0 Å². The molecule has 0 fully saturated rings. The van der Waals surface area contributed by atoms with E-state index in [1.54, 1.807) is 31.2 Å². The molecule has 0 saturated carbocycles. The van der Waals surface area contributed by atoms with Crippen LogP contribution in [0.1, 0.15) is 27.4 Å². The topological polar surface area (TPSA) is 89.3 Å². The van der Waals surface area contributed by atoms with E-state index in [1.807, 2.05) is 30.3 Å². The second-order valence-corrected chi connectivity index (χ2v) is 9.91. The number of rotatable bonds is 7. The molecule has 168 valence electrons. The molecular weight excluding hydrogens is 460 g/mol. The second kappa shape index (κ2) is 9.60. The molecule has 8 heteroatoms. The highest BCUT2D eigenvalue weighted by Crippen LogP contribution is 2.25. The summed E-state index contributed by atoms with van der Waals surface area (Å²) in [4.78, 5) is 17.0. The van der Waals surface area contributed by atoms with Crippen molar-refractivity contribution in [3.63, 3.8) is 0 Å². The van der Waals surface area contributed by atoms with E-state index in [4.69, 9.17) is 16.0 Å². The van der Waals surface area contributed by atoms with Crippen LogP contribution >= 0.6 is 11.6 Å². The molecule has 3 aromatic carbocycles. The van der Waals surface area contributed by atoms with Gasteiger partial charge in [0.05, 0.1) is 10.6 Å². The van der Waals surface area contributed by atoms with Gasteiger partial charge >= 0.3 is 0 Å². The SMILES string of the molecule is Cc1oc(-c2ccc(C(=O)NCc3ccccc3)cc2)nc1CS(=O)(=O)c1ccc(Cl)cc1. The van der Waals surface area contributed by atoms with E-state index >= 15 is 0 Å². The molecular formula is C25H21ClN2O4S. The molecule has 0 radical (unpaired) electrons. The smallest absolute Gasteiger partial charge is 0.251 e. The molecule has 0 spiro atoms. The monoisotopic (exact) mass is 480 g/mol. The standard InChI is InChI=1S/C25H21ClN2O4S/c1-17-23(16-33(30,31)22-13-11-21(26)12-14-22)28-25(32-17)20-9-7-19(8-10-20)24(29)27-15-18-5-3-2-4-6-18/h2-14H,15-16H2,1H3,(H,27,29). The third-order valence-electron chi connectivity index (χ3n) is 5.08. The Morgan fingerprint density at radius 3 is 2.30 bits per heavy atom. The number of hydrogen-bond donors (Lipinski definition) is 1. The van der Waals surface area contributed by atoms with E-state index in [9.17, 15) is 13.2 Å². The first-order valence-corrected chi connectivity index (χ1v) is 12.2. The van der Waals surface area contributed by atoms with Crippen LogP contribution in [-0.4, -0.2) is 19.3 Å². The zero-order valence-corrected chi connectivity index (χ0v) is 19.4. The summed E-state index contributed by atoms with van der Waals surface area (Å²) in [5.74, 6) is 0.241. The van der Waals surface area contributed by atoms with Crippen molar-refractivity contribution >= 4 is 27.3 Å². The quantitative estimate of drug-likeness (QED) is 0.392. The minimum absolute atomic E-state index is 0.168. The van der Waals surface area contributed by atoms with Gasteiger partial charge in [-0.05, 0) is 61.0 Å². The van der Waals surface area contributed by atoms with Crippen LogP contribution in [0, 0.1) is 6.92 Å². The Hall–Kier alpha value is -3.42. The predicted octanol–water partition coefficient (Wildman–Crippen LogP) is 5.21. The van der Waals surface area contributed by atoms with Gasteiger partial charge in [-0.2, -0.15) is 0 Å². The molecule has 1 heterocycles. The van der Waals surface area contributed by atoms with Gasteiger partial charge in [0.15, 0.2) is 9.84 Å². The van der Waals surface area contributed by atoms with E-state index in [2.05, 4.69) is 10.3 Å². The maximum Gasteiger partial charge on any atom is 0.251 e. The highest BCUT2D eigenvalue weighted by molar-refractivity contribution is 7.90. The fourth-order valence-corrected chi connectivity index (χ4v) is 4.71. The Morgan fingerprint density at radius 2 is 1.64 bits per heavy atom. The molecule has 0 saturated heterocycles. The summed E-state index contributed by atoms with van der Waals surface area (Å²) in [5, 5.41) is 3.34. The number of aryl methyl sites for hydroxylation is 1. The van der Waals surface area contributed by atoms with Crippen LogP contribution in [0.4, 0.5) is 0 Å². The summed E-state index contributed by atoms with van der Waals surface area (Å²) in [6, 6.07) is 22.5. The molecule has 0 aliphatic heterocycles. The fourth-order valence-electron chi connectivity index (χ4n) is 3.24. The minimum Gasteiger partial charge on any atom is -0.441 e. The van der Waals surface area contributed by atoms with Gasteiger partial charge in [0.1, 0.15) is 11.5 Å². The van der Waals surface area contributed by atoms with Gasteiger partial charge in [-0.3, -0.25) is 4.79 Å². The first-order chi connectivity index (χ1) is 15.8. The largest absolute Gasteiger partial charge is 0.441 e. The lowest BCUT2D eigenvalue weighted by molar-refractivity contribution is 0.0951. The molecule has 4 aromatic rings. The Morgan fingerprint density at radius 1 is 0.970 bits per heavy atom. The molecule has 1 amide bonds. The third-order valence-corrected chi connectivity index (χ3v) is 6.98. The van der Waals surface area contributed by atoms with E-state index in [0.717, 1.165) is 5.56 Å². The van der Waals surface area contributed by atoms with E-state index in [1.165, 1.54) is 24.3 Å². The molecule has 4 rings (SSSR count). The fraction of sp³-hybridized carbons (Fsp3) is 0.120. The van der Waals surface area contributed by atoms with Crippen molar-refractivity contribution in [2.24, 2.45) is 0 Å². The molecule has 1 aromatic heterocycles. The van der Waals surface area contributed by atoms with Crippen LogP contribution in [-0.2, 0) is 22.1 Å². The zero-order chi connectivity index (χ0) is 23.4. The van der Waals surface area contributed by atoms with Crippen molar-refractivity contribution in [2.45, 2.75) is 24.1 Å².